The lowest BCUT2D eigenvalue weighted by molar-refractivity contribution is 0.0682. The zero-order chi connectivity index (χ0) is 16.3. The molecule has 0 aliphatic heterocycles. The fourth-order valence-electron chi connectivity index (χ4n) is 2.35. The highest BCUT2D eigenvalue weighted by molar-refractivity contribution is 7.71. The van der Waals surface area contributed by atoms with Gasteiger partial charge in [0, 0.05) is 25.3 Å². The fraction of sp³-hybridized carbons (Fsp3) is 0.500. The quantitative estimate of drug-likeness (QED) is 0.828. The molecule has 1 aromatic heterocycles. The maximum Gasteiger partial charge on any atom is 0.266 e. The Bertz CT molecular complexity index is 712. The van der Waals surface area contributed by atoms with Crippen LogP contribution in [0.2, 0.25) is 0 Å². The van der Waals surface area contributed by atoms with Gasteiger partial charge >= 0.3 is 0 Å². The summed E-state index contributed by atoms with van der Waals surface area (Å²) in [5.41, 5.74) is 1.90. The molecule has 0 saturated heterocycles. The van der Waals surface area contributed by atoms with Crippen molar-refractivity contribution in [2.45, 2.75) is 27.2 Å². The van der Waals surface area contributed by atoms with Crippen LogP contribution in [0.5, 0.6) is 0 Å². The Morgan fingerprint density at radius 2 is 2.14 bits per heavy atom. The van der Waals surface area contributed by atoms with E-state index >= 15 is 0 Å². The van der Waals surface area contributed by atoms with Gasteiger partial charge in [0.2, 0.25) is 0 Å². The number of benzene rings is 1. The monoisotopic (exact) mass is 322 g/mol. The molecule has 0 atom stereocenters. The first-order chi connectivity index (χ1) is 10.3. The van der Waals surface area contributed by atoms with E-state index in [1.807, 2.05) is 0 Å². The van der Waals surface area contributed by atoms with Gasteiger partial charge in [0.1, 0.15) is 0 Å². The molecule has 2 N–H and O–H groups in total. The molecule has 0 spiro atoms. The first-order valence-corrected chi connectivity index (χ1v) is 7.74. The molecule has 1 aromatic carbocycles. The highest BCUT2D eigenvalue weighted by Crippen LogP contribution is 2.20. The number of hydrogen-bond donors (Lipinski definition) is 2. The molecule has 0 unspecified atom stereocenters. The number of fused-ring (bicyclic) bond motifs is 1. The molecule has 0 aliphatic rings. The van der Waals surface area contributed by atoms with E-state index in [0.29, 0.717) is 35.5 Å². The lowest BCUT2D eigenvalue weighted by atomic mass is 9.95. The van der Waals surface area contributed by atoms with Crippen LogP contribution in [-0.2, 0) is 0 Å². The fourth-order valence-corrected chi connectivity index (χ4v) is 2.55. The number of aliphatic hydroxyl groups is 1. The van der Waals surface area contributed by atoms with Gasteiger partial charge in [-0.1, -0.05) is 20.8 Å². The van der Waals surface area contributed by atoms with Crippen molar-refractivity contribution in [3.8, 4) is 0 Å². The second-order valence-corrected chi connectivity index (χ2v) is 6.96. The molecule has 0 bridgehead atoms. The van der Waals surface area contributed by atoms with Crippen molar-refractivity contribution in [2.75, 3.05) is 19.7 Å². The van der Waals surface area contributed by atoms with Crippen LogP contribution < -0.4 is 0 Å². The molecule has 0 saturated carbocycles. The van der Waals surface area contributed by atoms with Crippen molar-refractivity contribution < 1.29 is 14.3 Å². The van der Waals surface area contributed by atoms with Gasteiger partial charge in [-0.05, 0) is 42.3 Å². The SMILES string of the molecule is CC(C)(C)CN(CCCO)C(=O)c1ccc2[nH]c(=S)oc2c1. The number of aliphatic hydroxyl groups excluding tert-OH is 1. The molecule has 5 nitrogen and oxygen atoms in total. The van der Waals surface area contributed by atoms with Crippen LogP contribution in [0.3, 0.4) is 0 Å². The van der Waals surface area contributed by atoms with Crippen LogP contribution in [0.1, 0.15) is 37.6 Å². The largest absolute Gasteiger partial charge is 0.429 e. The lowest BCUT2D eigenvalue weighted by Crippen LogP contribution is -2.38. The lowest BCUT2D eigenvalue weighted by Gasteiger charge is -2.30. The van der Waals surface area contributed by atoms with Crippen LogP contribution in [-0.4, -0.2) is 40.6 Å². The molecule has 1 heterocycles. The molecule has 2 rings (SSSR count). The summed E-state index contributed by atoms with van der Waals surface area (Å²) in [5, 5.41) is 9.04. The molecule has 0 aliphatic carbocycles. The van der Waals surface area contributed by atoms with E-state index < -0.39 is 0 Å². The van der Waals surface area contributed by atoms with Crippen LogP contribution in [0.4, 0.5) is 0 Å². The van der Waals surface area contributed by atoms with E-state index in [4.69, 9.17) is 21.7 Å². The first-order valence-electron chi connectivity index (χ1n) is 7.33. The highest BCUT2D eigenvalue weighted by atomic mass is 32.1. The summed E-state index contributed by atoms with van der Waals surface area (Å²) in [4.78, 5) is 17.7. The molecular weight excluding hydrogens is 300 g/mol. The van der Waals surface area contributed by atoms with E-state index in [9.17, 15) is 4.79 Å². The summed E-state index contributed by atoms with van der Waals surface area (Å²) >= 11 is 4.96. The Hall–Kier alpha value is -1.66. The van der Waals surface area contributed by atoms with Crippen molar-refractivity contribution in [3.05, 3.63) is 28.6 Å². The number of aromatic amines is 1. The Morgan fingerprint density at radius 3 is 2.77 bits per heavy atom. The predicted octanol–water partition coefficient (Wildman–Crippen LogP) is 3.36. The van der Waals surface area contributed by atoms with E-state index in [-0.39, 0.29) is 17.9 Å². The van der Waals surface area contributed by atoms with E-state index in [1.54, 1.807) is 23.1 Å². The smallest absolute Gasteiger partial charge is 0.266 e. The molecule has 120 valence electrons. The normalized spacial score (nSPS) is 11.8. The minimum atomic E-state index is -0.0624. The Morgan fingerprint density at radius 1 is 1.41 bits per heavy atom. The van der Waals surface area contributed by atoms with Crippen molar-refractivity contribution in [1.29, 1.82) is 0 Å². The van der Waals surface area contributed by atoms with Gasteiger partial charge in [-0.15, -0.1) is 0 Å². The molecule has 22 heavy (non-hydrogen) atoms. The maximum atomic E-state index is 12.7. The number of hydrogen-bond acceptors (Lipinski definition) is 4. The minimum absolute atomic E-state index is 0.0124. The van der Waals surface area contributed by atoms with Crippen molar-refractivity contribution >= 4 is 29.2 Å². The highest BCUT2D eigenvalue weighted by Gasteiger charge is 2.22. The number of carbonyl (C=O) groups is 1. The number of oxazole rings is 1. The summed E-state index contributed by atoms with van der Waals surface area (Å²) in [6.45, 7) is 7.47. The predicted molar refractivity (Wildman–Crippen MR) is 88.5 cm³/mol. The van der Waals surface area contributed by atoms with E-state index in [0.717, 1.165) is 5.52 Å². The number of nitrogens with one attached hydrogen (secondary N) is 1. The van der Waals surface area contributed by atoms with Crippen molar-refractivity contribution in [2.24, 2.45) is 5.41 Å². The zero-order valence-corrected chi connectivity index (χ0v) is 14.0. The van der Waals surface area contributed by atoms with Crippen molar-refractivity contribution in [3.63, 3.8) is 0 Å². The van der Waals surface area contributed by atoms with Crippen LogP contribution in [0, 0.1) is 10.3 Å². The zero-order valence-electron chi connectivity index (χ0n) is 13.2. The van der Waals surface area contributed by atoms with Gasteiger partial charge in [0.05, 0.1) is 5.52 Å². The molecular formula is C16H22N2O3S. The third-order valence-electron chi connectivity index (χ3n) is 3.21. The second kappa shape index (κ2) is 6.62. The Kier molecular flexibility index (Phi) is 5.03. The van der Waals surface area contributed by atoms with Gasteiger partial charge in [0.25, 0.3) is 10.7 Å². The molecule has 2 aromatic rings. The first kappa shape index (κ1) is 16.7. The van der Waals surface area contributed by atoms with E-state index in [1.165, 1.54) is 0 Å². The van der Waals surface area contributed by atoms with E-state index in [2.05, 4.69) is 25.8 Å². The van der Waals surface area contributed by atoms with Gasteiger partial charge in [-0.2, -0.15) is 0 Å². The van der Waals surface area contributed by atoms with Gasteiger partial charge < -0.3 is 19.4 Å². The number of aromatic nitrogens is 1. The minimum Gasteiger partial charge on any atom is -0.429 e. The molecule has 6 heteroatoms. The summed E-state index contributed by atoms with van der Waals surface area (Å²) in [6.07, 6.45) is 0.564. The standard InChI is InChI=1S/C16H22N2O3S/c1-16(2,3)10-18(7-4-8-19)14(20)11-5-6-12-13(9-11)21-15(22)17-12/h5-6,9,19H,4,7-8,10H2,1-3H3,(H,17,22). The third-order valence-corrected chi connectivity index (χ3v) is 3.39. The number of rotatable bonds is 5. The van der Waals surface area contributed by atoms with Crippen LogP contribution in [0.15, 0.2) is 22.6 Å². The average molecular weight is 322 g/mol. The van der Waals surface area contributed by atoms with Gasteiger partial charge in [-0.3, -0.25) is 4.79 Å². The number of amides is 1. The summed E-state index contributed by atoms with van der Waals surface area (Å²) in [7, 11) is 0. The summed E-state index contributed by atoms with van der Waals surface area (Å²) in [6, 6.07) is 5.27. The maximum absolute atomic E-state index is 12.7. The van der Waals surface area contributed by atoms with Crippen LogP contribution >= 0.6 is 12.2 Å². The van der Waals surface area contributed by atoms with Crippen molar-refractivity contribution in [1.82, 2.24) is 9.88 Å². The number of carbonyl (C=O) groups excluding carboxylic acids is 1. The van der Waals surface area contributed by atoms with Crippen LogP contribution in [0.25, 0.3) is 11.1 Å². The molecule has 0 radical (unpaired) electrons. The average Bonchev–Trinajstić information content (AvgIpc) is 2.80. The Labute approximate surface area is 134 Å². The summed E-state index contributed by atoms with van der Waals surface area (Å²) in [5.74, 6) is -0.0624. The second-order valence-electron chi connectivity index (χ2n) is 6.59. The number of nitrogens with zero attached hydrogens (tertiary/aromatic N) is 1. The van der Waals surface area contributed by atoms with Gasteiger partial charge in [0.15, 0.2) is 5.58 Å². The Balaban J connectivity index is 2.28. The summed E-state index contributed by atoms with van der Waals surface area (Å²) < 4.78 is 5.37. The van der Waals surface area contributed by atoms with Gasteiger partial charge in [-0.25, -0.2) is 0 Å². The third kappa shape index (κ3) is 4.18. The molecule has 0 fully saturated rings. The molecule has 1 amide bonds. The topological polar surface area (TPSA) is 69.5 Å². The number of H-pyrrole nitrogens is 1.